The highest BCUT2D eigenvalue weighted by Gasteiger charge is 2.10. The van der Waals surface area contributed by atoms with Gasteiger partial charge in [0.2, 0.25) is 5.95 Å². The molecule has 0 bridgehead atoms. The van der Waals surface area contributed by atoms with E-state index in [2.05, 4.69) is 29.0 Å². The summed E-state index contributed by atoms with van der Waals surface area (Å²) < 4.78 is 0. The summed E-state index contributed by atoms with van der Waals surface area (Å²) in [7, 11) is 0. The van der Waals surface area contributed by atoms with E-state index in [0.29, 0.717) is 5.82 Å². The standard InChI is InChI=1S/C15H20N4/c1-2-6-12-13(18-15(17)19-14(12)16)10-9-11-7-4-3-5-8-11/h3-5,7-8H,2,6,9-10H2,1H3,(H4,16,17,18,19). The molecule has 0 saturated carbocycles. The van der Waals surface area contributed by atoms with E-state index in [9.17, 15) is 0 Å². The van der Waals surface area contributed by atoms with Gasteiger partial charge in [-0.2, -0.15) is 4.98 Å². The molecule has 0 spiro atoms. The topological polar surface area (TPSA) is 77.8 Å². The lowest BCUT2D eigenvalue weighted by Crippen LogP contribution is -2.10. The molecule has 0 radical (unpaired) electrons. The summed E-state index contributed by atoms with van der Waals surface area (Å²) in [4.78, 5) is 8.41. The van der Waals surface area contributed by atoms with Crippen molar-refractivity contribution in [2.24, 2.45) is 0 Å². The molecule has 0 amide bonds. The van der Waals surface area contributed by atoms with E-state index >= 15 is 0 Å². The maximum atomic E-state index is 5.95. The zero-order valence-corrected chi connectivity index (χ0v) is 11.3. The van der Waals surface area contributed by atoms with Crippen LogP contribution in [0.15, 0.2) is 30.3 Å². The first-order valence-electron chi connectivity index (χ1n) is 6.65. The number of rotatable bonds is 5. The molecule has 4 nitrogen and oxygen atoms in total. The molecule has 1 aromatic heterocycles. The fraction of sp³-hybridized carbons (Fsp3) is 0.333. The molecule has 1 heterocycles. The van der Waals surface area contributed by atoms with Gasteiger partial charge in [0.15, 0.2) is 0 Å². The molecule has 0 saturated heterocycles. The van der Waals surface area contributed by atoms with Gasteiger partial charge in [0.05, 0.1) is 5.69 Å². The van der Waals surface area contributed by atoms with Gasteiger partial charge in [0, 0.05) is 5.56 Å². The van der Waals surface area contributed by atoms with Crippen LogP contribution in [-0.4, -0.2) is 9.97 Å². The summed E-state index contributed by atoms with van der Waals surface area (Å²) in [6, 6.07) is 10.4. The molecule has 0 fully saturated rings. The molecule has 0 aliphatic carbocycles. The van der Waals surface area contributed by atoms with Crippen molar-refractivity contribution in [1.29, 1.82) is 0 Å². The maximum Gasteiger partial charge on any atom is 0.222 e. The summed E-state index contributed by atoms with van der Waals surface area (Å²) in [6.45, 7) is 2.12. The second-order valence-corrected chi connectivity index (χ2v) is 4.63. The van der Waals surface area contributed by atoms with Crippen molar-refractivity contribution < 1.29 is 0 Å². The molecule has 2 aromatic rings. The largest absolute Gasteiger partial charge is 0.383 e. The Morgan fingerprint density at radius 3 is 2.37 bits per heavy atom. The third kappa shape index (κ3) is 3.44. The van der Waals surface area contributed by atoms with Crippen molar-refractivity contribution in [2.75, 3.05) is 11.5 Å². The number of nitrogen functional groups attached to an aromatic ring is 2. The zero-order valence-electron chi connectivity index (χ0n) is 11.3. The third-order valence-corrected chi connectivity index (χ3v) is 3.14. The molecular weight excluding hydrogens is 236 g/mol. The first kappa shape index (κ1) is 13.3. The molecule has 19 heavy (non-hydrogen) atoms. The van der Waals surface area contributed by atoms with Crippen molar-refractivity contribution in [3.63, 3.8) is 0 Å². The number of aryl methyl sites for hydroxylation is 2. The van der Waals surface area contributed by atoms with Crippen LogP contribution in [0.25, 0.3) is 0 Å². The summed E-state index contributed by atoms with van der Waals surface area (Å²) in [5, 5.41) is 0. The van der Waals surface area contributed by atoms with Gasteiger partial charge < -0.3 is 11.5 Å². The Morgan fingerprint density at radius 2 is 1.68 bits per heavy atom. The van der Waals surface area contributed by atoms with Gasteiger partial charge >= 0.3 is 0 Å². The van der Waals surface area contributed by atoms with Crippen LogP contribution in [0.1, 0.15) is 30.2 Å². The number of hydrogen-bond acceptors (Lipinski definition) is 4. The molecular formula is C15H20N4. The summed E-state index contributed by atoms with van der Waals surface area (Å²) in [5.74, 6) is 0.790. The van der Waals surface area contributed by atoms with Crippen LogP contribution in [0.5, 0.6) is 0 Å². The van der Waals surface area contributed by atoms with Gasteiger partial charge in [-0.3, -0.25) is 0 Å². The number of hydrogen-bond donors (Lipinski definition) is 2. The highest BCUT2D eigenvalue weighted by atomic mass is 15.0. The predicted octanol–water partition coefficient (Wildman–Crippen LogP) is 2.38. The van der Waals surface area contributed by atoms with E-state index < -0.39 is 0 Å². The number of nitrogens with zero attached hydrogens (tertiary/aromatic N) is 2. The van der Waals surface area contributed by atoms with Crippen LogP contribution in [0.3, 0.4) is 0 Å². The average molecular weight is 256 g/mol. The fourth-order valence-electron chi connectivity index (χ4n) is 2.21. The van der Waals surface area contributed by atoms with Crippen molar-refractivity contribution in [2.45, 2.75) is 32.6 Å². The molecule has 0 aliphatic rings. The minimum absolute atomic E-state index is 0.264. The van der Waals surface area contributed by atoms with Gasteiger partial charge in [-0.1, -0.05) is 43.7 Å². The normalized spacial score (nSPS) is 10.6. The first-order valence-corrected chi connectivity index (χ1v) is 6.65. The van der Waals surface area contributed by atoms with Crippen LogP contribution < -0.4 is 11.5 Å². The van der Waals surface area contributed by atoms with Gasteiger partial charge in [0.25, 0.3) is 0 Å². The molecule has 2 rings (SSSR count). The highest BCUT2D eigenvalue weighted by molar-refractivity contribution is 5.46. The van der Waals surface area contributed by atoms with Crippen molar-refractivity contribution in [1.82, 2.24) is 9.97 Å². The molecule has 0 atom stereocenters. The monoisotopic (exact) mass is 256 g/mol. The third-order valence-electron chi connectivity index (χ3n) is 3.14. The average Bonchev–Trinajstić information content (AvgIpc) is 2.41. The van der Waals surface area contributed by atoms with E-state index in [1.807, 2.05) is 18.2 Å². The van der Waals surface area contributed by atoms with Gasteiger partial charge in [-0.05, 0) is 24.8 Å². The maximum absolute atomic E-state index is 5.95. The number of aromatic nitrogens is 2. The first-order chi connectivity index (χ1) is 9.20. The van der Waals surface area contributed by atoms with Crippen LogP contribution in [0.2, 0.25) is 0 Å². The quantitative estimate of drug-likeness (QED) is 0.861. The lowest BCUT2D eigenvalue weighted by molar-refractivity contribution is 0.836. The Bertz CT molecular complexity index is 537. The number of nitrogens with two attached hydrogens (primary N) is 2. The van der Waals surface area contributed by atoms with Crippen LogP contribution in [-0.2, 0) is 19.3 Å². The summed E-state index contributed by atoms with van der Waals surface area (Å²) >= 11 is 0. The van der Waals surface area contributed by atoms with E-state index in [-0.39, 0.29) is 5.95 Å². The lowest BCUT2D eigenvalue weighted by Gasteiger charge is -2.11. The predicted molar refractivity (Wildman–Crippen MR) is 78.7 cm³/mol. The van der Waals surface area contributed by atoms with Gasteiger partial charge in [-0.25, -0.2) is 4.98 Å². The molecule has 4 N–H and O–H groups in total. The number of anilines is 2. The summed E-state index contributed by atoms with van der Waals surface area (Å²) in [6.07, 6.45) is 3.70. The lowest BCUT2D eigenvalue weighted by atomic mass is 10.0. The Morgan fingerprint density at radius 1 is 0.947 bits per heavy atom. The van der Waals surface area contributed by atoms with E-state index in [1.165, 1.54) is 5.56 Å². The second-order valence-electron chi connectivity index (χ2n) is 4.63. The van der Waals surface area contributed by atoms with Crippen molar-refractivity contribution in [3.8, 4) is 0 Å². The number of benzene rings is 1. The van der Waals surface area contributed by atoms with Crippen LogP contribution in [0, 0.1) is 0 Å². The minimum atomic E-state index is 0.264. The second kappa shape index (κ2) is 6.18. The zero-order chi connectivity index (χ0) is 13.7. The molecule has 0 aliphatic heterocycles. The Labute approximate surface area is 113 Å². The van der Waals surface area contributed by atoms with Crippen molar-refractivity contribution >= 4 is 11.8 Å². The Kier molecular flexibility index (Phi) is 4.34. The van der Waals surface area contributed by atoms with E-state index in [4.69, 9.17) is 11.5 Å². The van der Waals surface area contributed by atoms with Crippen LogP contribution >= 0.6 is 0 Å². The Hall–Kier alpha value is -2.10. The molecule has 4 heteroatoms. The molecule has 0 unspecified atom stereocenters. The minimum Gasteiger partial charge on any atom is -0.383 e. The highest BCUT2D eigenvalue weighted by Crippen LogP contribution is 2.18. The SMILES string of the molecule is CCCc1c(N)nc(N)nc1CCc1ccccc1. The van der Waals surface area contributed by atoms with E-state index in [0.717, 1.165) is 36.9 Å². The Balaban J connectivity index is 2.19. The molecule has 1 aromatic carbocycles. The smallest absolute Gasteiger partial charge is 0.222 e. The van der Waals surface area contributed by atoms with Crippen molar-refractivity contribution in [3.05, 3.63) is 47.2 Å². The summed E-state index contributed by atoms with van der Waals surface area (Å²) in [5.41, 5.74) is 15.0. The van der Waals surface area contributed by atoms with Gasteiger partial charge in [-0.15, -0.1) is 0 Å². The van der Waals surface area contributed by atoms with Crippen LogP contribution in [0.4, 0.5) is 11.8 Å². The van der Waals surface area contributed by atoms with E-state index in [1.54, 1.807) is 0 Å². The fourth-order valence-corrected chi connectivity index (χ4v) is 2.21. The van der Waals surface area contributed by atoms with Gasteiger partial charge in [0.1, 0.15) is 5.82 Å². The molecule has 100 valence electrons.